The molecule has 0 radical (unpaired) electrons. The van der Waals surface area contributed by atoms with Gasteiger partial charge in [-0.05, 0) is 20.3 Å². The van der Waals surface area contributed by atoms with Gasteiger partial charge in [-0.25, -0.2) is 4.98 Å². The van der Waals surface area contributed by atoms with Crippen molar-refractivity contribution < 1.29 is 0 Å². The molecule has 0 bridgehead atoms. The van der Waals surface area contributed by atoms with Gasteiger partial charge in [0.15, 0.2) is 0 Å². The van der Waals surface area contributed by atoms with Gasteiger partial charge in [0, 0.05) is 30.4 Å². The summed E-state index contributed by atoms with van der Waals surface area (Å²) < 4.78 is 0. The van der Waals surface area contributed by atoms with E-state index < -0.39 is 0 Å². The number of hydrogen-bond donors (Lipinski definition) is 1. The highest BCUT2D eigenvalue weighted by atomic mass is 32.1. The fourth-order valence-corrected chi connectivity index (χ4v) is 3.23. The minimum atomic E-state index is 0.128. The van der Waals surface area contributed by atoms with Crippen molar-refractivity contribution in [1.29, 1.82) is 0 Å². The van der Waals surface area contributed by atoms with E-state index in [0.717, 1.165) is 30.9 Å². The molecule has 0 spiro atoms. The van der Waals surface area contributed by atoms with E-state index >= 15 is 0 Å². The number of fused-ring (bicyclic) bond motifs is 1. The average molecular weight is 239 g/mol. The summed E-state index contributed by atoms with van der Waals surface area (Å²) >= 11 is 1.81. The molecular formula is C12H21N3S. The molecule has 2 rings (SSSR count). The first-order valence-electron chi connectivity index (χ1n) is 6.10. The van der Waals surface area contributed by atoms with Crippen molar-refractivity contribution in [3.63, 3.8) is 0 Å². The predicted octanol–water partition coefficient (Wildman–Crippen LogP) is 2.32. The van der Waals surface area contributed by atoms with Crippen LogP contribution in [-0.2, 0) is 13.0 Å². The number of hydrogen-bond acceptors (Lipinski definition) is 4. The Hall–Kier alpha value is -0.450. The molecule has 2 heterocycles. The maximum absolute atomic E-state index is 6.04. The van der Waals surface area contributed by atoms with E-state index in [1.165, 1.54) is 10.6 Å². The van der Waals surface area contributed by atoms with Crippen LogP contribution in [0, 0.1) is 0 Å². The molecule has 1 aromatic heterocycles. The lowest BCUT2D eigenvalue weighted by molar-refractivity contribution is 0.205. The topological polar surface area (TPSA) is 42.1 Å². The third-order valence-corrected chi connectivity index (χ3v) is 4.48. The second-order valence-electron chi connectivity index (χ2n) is 4.75. The number of rotatable bonds is 3. The zero-order chi connectivity index (χ0) is 11.7. The molecule has 16 heavy (non-hydrogen) atoms. The van der Waals surface area contributed by atoms with Crippen molar-refractivity contribution in [3.05, 3.63) is 15.6 Å². The van der Waals surface area contributed by atoms with Crippen LogP contribution >= 0.6 is 11.3 Å². The van der Waals surface area contributed by atoms with Gasteiger partial charge in [-0.15, -0.1) is 11.3 Å². The molecule has 0 aliphatic carbocycles. The smallest absolute Gasteiger partial charge is 0.110 e. The summed E-state index contributed by atoms with van der Waals surface area (Å²) in [4.78, 5) is 8.61. The van der Waals surface area contributed by atoms with Gasteiger partial charge in [-0.2, -0.15) is 0 Å². The highest BCUT2D eigenvalue weighted by Crippen LogP contribution is 2.29. The molecule has 1 unspecified atom stereocenters. The Bertz CT molecular complexity index is 359. The van der Waals surface area contributed by atoms with Crippen LogP contribution in [0.4, 0.5) is 0 Å². The maximum atomic E-state index is 6.04. The molecule has 3 nitrogen and oxygen atoms in total. The highest BCUT2D eigenvalue weighted by molar-refractivity contribution is 7.11. The minimum absolute atomic E-state index is 0.128. The van der Waals surface area contributed by atoms with Crippen molar-refractivity contribution in [1.82, 2.24) is 9.88 Å². The van der Waals surface area contributed by atoms with Crippen LogP contribution in [-0.4, -0.2) is 22.5 Å². The van der Waals surface area contributed by atoms with Gasteiger partial charge in [-0.1, -0.05) is 6.92 Å². The fourth-order valence-electron chi connectivity index (χ4n) is 2.01. The van der Waals surface area contributed by atoms with Crippen LogP contribution in [0.2, 0.25) is 0 Å². The monoisotopic (exact) mass is 239 g/mol. The zero-order valence-electron chi connectivity index (χ0n) is 10.4. The third kappa shape index (κ3) is 2.29. The molecule has 1 aliphatic rings. The Morgan fingerprint density at radius 2 is 2.25 bits per heavy atom. The average Bonchev–Trinajstić information content (AvgIpc) is 2.70. The van der Waals surface area contributed by atoms with Gasteiger partial charge >= 0.3 is 0 Å². The summed E-state index contributed by atoms with van der Waals surface area (Å²) in [6.07, 6.45) is 2.06. The van der Waals surface area contributed by atoms with Gasteiger partial charge in [0.1, 0.15) is 5.01 Å². The molecule has 1 aliphatic heterocycles. The Kier molecular flexibility index (Phi) is 3.62. The molecule has 0 fully saturated rings. The lowest BCUT2D eigenvalue weighted by Gasteiger charge is -2.29. The van der Waals surface area contributed by atoms with E-state index in [1.54, 1.807) is 0 Å². The molecule has 1 atom stereocenters. The second kappa shape index (κ2) is 4.82. The van der Waals surface area contributed by atoms with Crippen LogP contribution in [0.15, 0.2) is 0 Å². The fraction of sp³-hybridized carbons (Fsp3) is 0.750. The SMILES string of the molecule is CCC(N)c1nc2c(s1)CN(C(C)C)CC2. The molecule has 0 saturated heterocycles. The van der Waals surface area contributed by atoms with Gasteiger partial charge in [-0.3, -0.25) is 4.90 Å². The van der Waals surface area contributed by atoms with Gasteiger partial charge in [0.2, 0.25) is 0 Å². The molecular weight excluding hydrogens is 218 g/mol. The normalized spacial score (nSPS) is 18.8. The molecule has 2 N–H and O–H groups in total. The van der Waals surface area contributed by atoms with Gasteiger partial charge in [0.25, 0.3) is 0 Å². The number of thiazole rings is 1. The van der Waals surface area contributed by atoms with E-state index in [-0.39, 0.29) is 6.04 Å². The van der Waals surface area contributed by atoms with Crippen molar-refractivity contribution in [2.45, 2.75) is 52.2 Å². The molecule has 0 aromatic carbocycles. The standard InChI is InChI=1S/C12H21N3S/c1-4-9(13)12-14-10-5-6-15(8(2)3)7-11(10)16-12/h8-9H,4-7,13H2,1-3H3. The molecule has 0 saturated carbocycles. The Labute approximate surface area is 102 Å². The Morgan fingerprint density at radius 1 is 1.50 bits per heavy atom. The van der Waals surface area contributed by atoms with Gasteiger partial charge < -0.3 is 5.73 Å². The number of aromatic nitrogens is 1. The highest BCUT2D eigenvalue weighted by Gasteiger charge is 2.23. The number of nitrogens with zero attached hydrogens (tertiary/aromatic N) is 2. The largest absolute Gasteiger partial charge is 0.322 e. The van der Waals surface area contributed by atoms with E-state index in [0.29, 0.717) is 6.04 Å². The minimum Gasteiger partial charge on any atom is -0.322 e. The Morgan fingerprint density at radius 3 is 2.88 bits per heavy atom. The van der Waals surface area contributed by atoms with Crippen LogP contribution < -0.4 is 5.73 Å². The molecule has 0 amide bonds. The van der Waals surface area contributed by atoms with Crippen LogP contribution in [0.5, 0.6) is 0 Å². The van der Waals surface area contributed by atoms with E-state index in [4.69, 9.17) is 5.73 Å². The van der Waals surface area contributed by atoms with Gasteiger partial charge in [0.05, 0.1) is 11.7 Å². The first-order chi connectivity index (χ1) is 7.61. The third-order valence-electron chi connectivity index (χ3n) is 3.26. The maximum Gasteiger partial charge on any atom is 0.110 e. The first-order valence-corrected chi connectivity index (χ1v) is 6.91. The van der Waals surface area contributed by atoms with E-state index in [9.17, 15) is 0 Å². The van der Waals surface area contributed by atoms with E-state index in [1.807, 2.05) is 11.3 Å². The van der Waals surface area contributed by atoms with Crippen LogP contribution in [0.3, 0.4) is 0 Å². The quantitative estimate of drug-likeness (QED) is 0.880. The summed E-state index contributed by atoms with van der Waals surface area (Å²) in [6.45, 7) is 8.82. The van der Waals surface area contributed by atoms with Crippen molar-refractivity contribution >= 4 is 11.3 Å². The first kappa shape index (κ1) is 12.0. The summed E-state index contributed by atoms with van der Waals surface area (Å²) in [7, 11) is 0. The van der Waals surface area contributed by atoms with Crippen LogP contribution in [0.1, 0.15) is 48.8 Å². The molecule has 1 aromatic rings. The molecule has 4 heteroatoms. The van der Waals surface area contributed by atoms with E-state index in [2.05, 4.69) is 30.7 Å². The predicted molar refractivity (Wildman–Crippen MR) is 68.6 cm³/mol. The van der Waals surface area contributed by atoms with Crippen molar-refractivity contribution in [2.75, 3.05) is 6.54 Å². The summed E-state index contributed by atoms with van der Waals surface area (Å²) in [5.41, 5.74) is 7.33. The second-order valence-corrected chi connectivity index (χ2v) is 5.87. The van der Waals surface area contributed by atoms with Crippen molar-refractivity contribution in [2.24, 2.45) is 5.73 Å². The number of nitrogens with two attached hydrogens (primary N) is 1. The lowest BCUT2D eigenvalue weighted by Crippen LogP contribution is -2.35. The molecule has 90 valence electrons. The summed E-state index contributed by atoms with van der Waals surface area (Å²) in [5, 5.41) is 1.12. The summed E-state index contributed by atoms with van der Waals surface area (Å²) in [6, 6.07) is 0.752. The lowest BCUT2D eigenvalue weighted by atomic mass is 10.1. The zero-order valence-corrected chi connectivity index (χ0v) is 11.2. The summed E-state index contributed by atoms with van der Waals surface area (Å²) in [5.74, 6) is 0. The Balaban J connectivity index is 2.16. The van der Waals surface area contributed by atoms with Crippen molar-refractivity contribution in [3.8, 4) is 0 Å². The van der Waals surface area contributed by atoms with Crippen LogP contribution in [0.25, 0.3) is 0 Å².